The summed E-state index contributed by atoms with van der Waals surface area (Å²) >= 11 is 0. The number of aromatic nitrogens is 5. The molecule has 0 atom stereocenters. The lowest BCUT2D eigenvalue weighted by molar-refractivity contribution is -0.142. The minimum absolute atomic E-state index is 0.115. The van der Waals surface area contributed by atoms with Crippen LogP contribution in [0.3, 0.4) is 0 Å². The van der Waals surface area contributed by atoms with E-state index in [-0.39, 0.29) is 35.0 Å². The molecule has 4 aromatic rings. The number of nitrogens with zero attached hydrogens (tertiary/aromatic N) is 6. The van der Waals surface area contributed by atoms with Gasteiger partial charge in [-0.15, -0.1) is 0 Å². The quantitative estimate of drug-likeness (QED) is 0.298. The maximum absolute atomic E-state index is 13.9. The Kier molecular flexibility index (Phi) is 7.35. The summed E-state index contributed by atoms with van der Waals surface area (Å²) in [5, 5.41) is 13.4. The van der Waals surface area contributed by atoms with Gasteiger partial charge in [0.1, 0.15) is 35.2 Å². The molecule has 0 bridgehead atoms. The van der Waals surface area contributed by atoms with Gasteiger partial charge in [0, 0.05) is 62.5 Å². The molecule has 234 valence electrons. The Labute approximate surface area is 260 Å². The molecule has 45 heavy (non-hydrogen) atoms. The van der Waals surface area contributed by atoms with Crippen molar-refractivity contribution in [3.63, 3.8) is 0 Å². The average molecular weight is 612 g/mol. The lowest BCUT2D eigenvalue weighted by Gasteiger charge is -2.31. The topological polar surface area (TPSA) is 144 Å². The van der Waals surface area contributed by atoms with Gasteiger partial charge in [0.25, 0.3) is 11.5 Å². The van der Waals surface area contributed by atoms with Crippen LogP contribution in [-0.2, 0) is 48.2 Å². The van der Waals surface area contributed by atoms with Gasteiger partial charge in [-0.1, -0.05) is 13.8 Å². The van der Waals surface area contributed by atoms with Gasteiger partial charge in [-0.2, -0.15) is 0 Å². The summed E-state index contributed by atoms with van der Waals surface area (Å²) in [5.41, 5.74) is 3.75. The van der Waals surface area contributed by atoms with E-state index < -0.39 is 11.6 Å². The summed E-state index contributed by atoms with van der Waals surface area (Å²) < 4.78 is 9.05. The summed E-state index contributed by atoms with van der Waals surface area (Å²) in [7, 11) is 1.63. The fourth-order valence-electron chi connectivity index (χ4n) is 6.22. The average Bonchev–Trinajstić information content (AvgIpc) is 3.46. The Balaban J connectivity index is 1.40. The second-order valence-corrected chi connectivity index (χ2v) is 13.1. The zero-order chi connectivity index (χ0) is 32.3. The highest BCUT2D eigenvalue weighted by molar-refractivity contribution is 6.06. The summed E-state index contributed by atoms with van der Waals surface area (Å²) in [5.74, 6) is 0.318. The number of ether oxygens (including phenoxy) is 1. The van der Waals surface area contributed by atoms with Crippen LogP contribution in [0.4, 0.5) is 17.3 Å². The van der Waals surface area contributed by atoms with Crippen LogP contribution in [-0.4, -0.2) is 47.6 Å². The van der Waals surface area contributed by atoms with Crippen molar-refractivity contribution in [3.8, 4) is 11.1 Å². The van der Waals surface area contributed by atoms with Crippen LogP contribution in [0.5, 0.6) is 0 Å². The lowest BCUT2D eigenvalue weighted by Crippen LogP contribution is -2.41. The summed E-state index contributed by atoms with van der Waals surface area (Å²) in [6.45, 7) is 9.90. The van der Waals surface area contributed by atoms with Crippen LogP contribution < -0.4 is 15.8 Å². The number of fused-ring (bicyclic) bond motifs is 3. The maximum Gasteiger partial charge on any atom is 0.302 e. The molecule has 2 N–H and O–H groups in total. The zero-order valence-corrected chi connectivity index (χ0v) is 26.3. The van der Waals surface area contributed by atoms with Gasteiger partial charge in [0.05, 0.1) is 0 Å². The van der Waals surface area contributed by atoms with E-state index in [4.69, 9.17) is 4.74 Å². The number of esters is 1. The number of rotatable bonds is 7. The summed E-state index contributed by atoms with van der Waals surface area (Å²) in [6.07, 6.45) is 6.66. The second-order valence-electron chi connectivity index (χ2n) is 13.1. The third-order valence-corrected chi connectivity index (χ3v) is 8.29. The van der Waals surface area contributed by atoms with Crippen LogP contribution in [0.2, 0.25) is 0 Å². The number of amides is 1. The van der Waals surface area contributed by atoms with Crippen LogP contribution in [0.25, 0.3) is 11.1 Å². The number of nitrogens with one attached hydrogen (secondary N) is 1. The van der Waals surface area contributed by atoms with Gasteiger partial charge in [0.2, 0.25) is 0 Å². The van der Waals surface area contributed by atoms with Crippen molar-refractivity contribution in [2.24, 2.45) is 12.5 Å². The Morgan fingerprint density at radius 1 is 1.11 bits per heavy atom. The summed E-state index contributed by atoms with van der Waals surface area (Å²) in [4.78, 5) is 53.9. The van der Waals surface area contributed by atoms with E-state index in [9.17, 15) is 19.5 Å². The van der Waals surface area contributed by atoms with E-state index in [2.05, 4.69) is 38.7 Å². The molecule has 0 radical (unpaired) electrons. The molecule has 0 saturated carbocycles. The molecular formula is C33H37N7O5. The smallest absolute Gasteiger partial charge is 0.302 e. The number of hydrogen-bond acceptors (Lipinski definition) is 9. The van der Waals surface area contributed by atoms with Crippen molar-refractivity contribution >= 4 is 29.2 Å². The molecular weight excluding hydrogens is 574 g/mol. The lowest BCUT2D eigenvalue weighted by atomic mass is 9.90. The number of aryl methyl sites for hydroxylation is 1. The molecule has 0 aromatic carbocycles. The van der Waals surface area contributed by atoms with Gasteiger partial charge in [-0.05, 0) is 67.5 Å². The Bertz CT molecular complexity index is 1900. The number of carbonyl (C=O) groups excluding carboxylic acids is 2. The van der Waals surface area contributed by atoms with Crippen LogP contribution in [0.1, 0.15) is 67.8 Å². The Morgan fingerprint density at radius 2 is 1.87 bits per heavy atom. The number of hydrogen-bond donors (Lipinski definition) is 2. The predicted octanol–water partition coefficient (Wildman–Crippen LogP) is 3.86. The van der Waals surface area contributed by atoms with E-state index in [1.165, 1.54) is 28.9 Å². The molecule has 1 aliphatic carbocycles. The highest BCUT2D eigenvalue weighted by Gasteiger charge is 2.37. The standard InChI is InChI=1S/C33H37N7O5/c1-19(41)45-18-23-22(21-13-24(29(42)38(6)17-21)36-27-8-10-35-31(37-27)33(4,5)44)7-9-34-28(23)40-12-11-39-25(30(40)43)14-20-15-32(2,3)16-26(20)39/h7-10,13-14,17,44H,11-12,15-16,18H2,1-6H3,(H,35,36,37). The molecule has 1 amide bonds. The maximum atomic E-state index is 13.9. The second kappa shape index (κ2) is 11.0. The van der Waals surface area contributed by atoms with E-state index in [1.807, 2.05) is 6.07 Å². The zero-order valence-electron chi connectivity index (χ0n) is 26.3. The van der Waals surface area contributed by atoms with Crippen molar-refractivity contribution in [2.75, 3.05) is 16.8 Å². The van der Waals surface area contributed by atoms with Gasteiger partial charge in [-0.3, -0.25) is 19.3 Å². The molecule has 12 heteroatoms. The molecule has 0 unspecified atom stereocenters. The predicted molar refractivity (Wildman–Crippen MR) is 168 cm³/mol. The van der Waals surface area contributed by atoms with Gasteiger partial charge in [-0.25, -0.2) is 15.0 Å². The molecule has 0 spiro atoms. The molecule has 12 nitrogen and oxygen atoms in total. The highest BCUT2D eigenvalue weighted by Crippen LogP contribution is 2.40. The third kappa shape index (κ3) is 5.73. The van der Waals surface area contributed by atoms with Crippen LogP contribution >= 0.6 is 0 Å². The third-order valence-electron chi connectivity index (χ3n) is 8.29. The molecule has 5 heterocycles. The minimum Gasteiger partial charge on any atom is -0.461 e. The SMILES string of the molecule is CC(=O)OCc1c(-c2cc(Nc3ccnc(C(C)(C)O)n3)c(=O)n(C)c2)ccnc1N1CCn2c(cc3c2CC(C)(C)C3)C1=O. The van der Waals surface area contributed by atoms with E-state index in [0.29, 0.717) is 47.1 Å². The first kappa shape index (κ1) is 30.2. The van der Waals surface area contributed by atoms with Gasteiger partial charge < -0.3 is 24.3 Å². The fourth-order valence-corrected chi connectivity index (χ4v) is 6.22. The number of carbonyl (C=O) groups is 2. The number of pyridine rings is 2. The van der Waals surface area contributed by atoms with Crippen molar-refractivity contribution in [3.05, 3.63) is 81.5 Å². The first-order valence-corrected chi connectivity index (χ1v) is 14.9. The first-order valence-electron chi connectivity index (χ1n) is 14.9. The van der Waals surface area contributed by atoms with Gasteiger partial charge in [0.15, 0.2) is 5.82 Å². The summed E-state index contributed by atoms with van der Waals surface area (Å²) in [6, 6.07) is 7.07. The van der Waals surface area contributed by atoms with Crippen molar-refractivity contribution in [2.45, 2.75) is 66.2 Å². The van der Waals surface area contributed by atoms with E-state index in [1.54, 1.807) is 56.4 Å². The van der Waals surface area contributed by atoms with E-state index in [0.717, 1.165) is 12.8 Å². The monoisotopic (exact) mass is 611 g/mol. The normalized spacial score (nSPS) is 15.5. The first-order chi connectivity index (χ1) is 21.2. The van der Waals surface area contributed by atoms with Crippen LogP contribution in [0.15, 0.2) is 47.7 Å². The molecule has 2 aliphatic rings. The Morgan fingerprint density at radius 3 is 2.60 bits per heavy atom. The highest BCUT2D eigenvalue weighted by atomic mass is 16.5. The fraction of sp³-hybridized carbons (Fsp3) is 0.394. The number of anilines is 3. The molecule has 1 aliphatic heterocycles. The van der Waals surface area contributed by atoms with Crippen molar-refractivity contribution in [1.82, 2.24) is 24.1 Å². The van der Waals surface area contributed by atoms with Gasteiger partial charge >= 0.3 is 5.97 Å². The van der Waals surface area contributed by atoms with Crippen molar-refractivity contribution < 1.29 is 19.4 Å². The molecule has 0 fully saturated rings. The largest absolute Gasteiger partial charge is 0.461 e. The van der Waals surface area contributed by atoms with E-state index >= 15 is 0 Å². The molecule has 0 saturated heterocycles. The molecule has 6 rings (SSSR count). The molecule has 4 aromatic heterocycles. The number of aliphatic hydroxyl groups is 1. The Hall–Kier alpha value is -4.84. The minimum atomic E-state index is -1.27. The van der Waals surface area contributed by atoms with Crippen LogP contribution in [0, 0.1) is 5.41 Å². The van der Waals surface area contributed by atoms with Crippen molar-refractivity contribution in [1.29, 1.82) is 0 Å².